The number of nitrogens with zero attached hydrogens (tertiary/aromatic N) is 1. The molecule has 0 bridgehead atoms. The number of ether oxygens (including phenoxy) is 2. The first-order valence-electron chi connectivity index (χ1n) is 9.23. The van der Waals surface area contributed by atoms with E-state index in [9.17, 15) is 4.79 Å². The number of carbonyl (C=O) groups is 1. The highest BCUT2D eigenvalue weighted by Gasteiger charge is 2.28. The Balaban J connectivity index is 1.73. The summed E-state index contributed by atoms with van der Waals surface area (Å²) in [5, 5.41) is 9.38. The topological polar surface area (TPSA) is 84.0 Å². The predicted octanol–water partition coefficient (Wildman–Crippen LogP) is 1.29. The molecule has 1 aliphatic rings. The molecular weight excluding hydrogens is 332 g/mol. The Hall–Kier alpha value is -2.28. The summed E-state index contributed by atoms with van der Waals surface area (Å²) in [6, 6.07) is 7.89. The van der Waals surface area contributed by atoms with Gasteiger partial charge in [-0.15, -0.1) is 0 Å². The van der Waals surface area contributed by atoms with Crippen LogP contribution < -0.4 is 20.7 Å². The number of rotatable bonds is 11. The van der Waals surface area contributed by atoms with E-state index in [0.29, 0.717) is 32.8 Å². The molecule has 0 radical (unpaired) electrons. The first kappa shape index (κ1) is 20.0. The number of hydrogen-bond donors (Lipinski definition) is 3. The molecule has 0 spiro atoms. The molecule has 0 saturated heterocycles. The third kappa shape index (κ3) is 7.74. The van der Waals surface area contributed by atoms with Gasteiger partial charge < -0.3 is 25.4 Å². The van der Waals surface area contributed by atoms with E-state index in [1.165, 1.54) is 0 Å². The Morgan fingerprint density at radius 1 is 1.12 bits per heavy atom. The van der Waals surface area contributed by atoms with Gasteiger partial charge in [-0.05, 0) is 37.5 Å². The Kier molecular flexibility index (Phi) is 8.75. The molecule has 1 aliphatic carbocycles. The van der Waals surface area contributed by atoms with Gasteiger partial charge >= 0.3 is 0 Å². The second kappa shape index (κ2) is 11.4. The average molecular weight is 362 g/mol. The van der Waals surface area contributed by atoms with Gasteiger partial charge in [-0.25, -0.2) is 4.99 Å². The number of hydrogen-bond acceptors (Lipinski definition) is 4. The van der Waals surface area contributed by atoms with Gasteiger partial charge in [0.1, 0.15) is 12.4 Å². The average Bonchev–Trinajstić information content (AvgIpc) is 3.49. The molecule has 1 saturated carbocycles. The zero-order valence-corrected chi connectivity index (χ0v) is 15.7. The van der Waals surface area contributed by atoms with Crippen LogP contribution in [0.15, 0.2) is 29.3 Å². The molecule has 0 aliphatic heterocycles. The van der Waals surface area contributed by atoms with Crippen LogP contribution in [0.5, 0.6) is 5.75 Å². The van der Waals surface area contributed by atoms with Crippen molar-refractivity contribution in [3.8, 4) is 5.75 Å². The van der Waals surface area contributed by atoms with E-state index in [-0.39, 0.29) is 11.8 Å². The van der Waals surface area contributed by atoms with Crippen molar-refractivity contribution in [2.45, 2.75) is 26.3 Å². The van der Waals surface area contributed by atoms with Crippen molar-refractivity contribution in [1.29, 1.82) is 0 Å². The molecule has 1 aromatic rings. The summed E-state index contributed by atoms with van der Waals surface area (Å²) in [6.07, 6.45) is 2.05. The maximum Gasteiger partial charge on any atom is 0.223 e. The van der Waals surface area contributed by atoms with E-state index in [1.807, 2.05) is 31.2 Å². The number of carbonyl (C=O) groups excluding carboxylic acids is 1. The highest BCUT2D eigenvalue weighted by molar-refractivity contribution is 5.81. The minimum absolute atomic E-state index is 0.168. The minimum atomic E-state index is 0.168. The molecule has 1 fully saturated rings. The van der Waals surface area contributed by atoms with Crippen LogP contribution in [0.2, 0.25) is 0 Å². The standard InChI is InChI=1S/C19H30N4O3/c1-3-20-19(22-11-10-21-18(24)16-6-7-16)23-14-15-4-8-17(9-5-15)26-13-12-25-2/h4-5,8-9,16H,3,6-7,10-14H2,1-2H3,(H,21,24)(H2,20,22,23). The lowest BCUT2D eigenvalue weighted by Crippen LogP contribution is -2.41. The van der Waals surface area contributed by atoms with Crippen molar-refractivity contribution in [2.75, 3.05) is 40.0 Å². The highest BCUT2D eigenvalue weighted by atomic mass is 16.5. The first-order valence-corrected chi connectivity index (χ1v) is 9.23. The van der Waals surface area contributed by atoms with Crippen molar-refractivity contribution in [3.63, 3.8) is 0 Å². The summed E-state index contributed by atoms with van der Waals surface area (Å²) in [4.78, 5) is 16.2. The summed E-state index contributed by atoms with van der Waals surface area (Å²) >= 11 is 0. The third-order valence-electron chi connectivity index (χ3n) is 3.91. The largest absolute Gasteiger partial charge is 0.491 e. The number of methoxy groups -OCH3 is 1. The highest BCUT2D eigenvalue weighted by Crippen LogP contribution is 2.28. The van der Waals surface area contributed by atoms with E-state index >= 15 is 0 Å². The molecule has 2 rings (SSSR count). The zero-order chi connectivity index (χ0) is 18.6. The van der Waals surface area contributed by atoms with E-state index in [2.05, 4.69) is 20.9 Å². The normalized spacial score (nSPS) is 14.0. The van der Waals surface area contributed by atoms with Gasteiger partial charge in [-0.2, -0.15) is 0 Å². The van der Waals surface area contributed by atoms with Crippen molar-refractivity contribution < 1.29 is 14.3 Å². The lowest BCUT2D eigenvalue weighted by molar-refractivity contribution is -0.122. The van der Waals surface area contributed by atoms with Crippen molar-refractivity contribution in [1.82, 2.24) is 16.0 Å². The summed E-state index contributed by atoms with van der Waals surface area (Å²) < 4.78 is 10.5. The van der Waals surface area contributed by atoms with E-state index in [4.69, 9.17) is 9.47 Å². The van der Waals surface area contributed by atoms with Crippen LogP contribution in [0, 0.1) is 5.92 Å². The Labute approximate surface area is 155 Å². The number of aliphatic imine (C=N–C) groups is 1. The molecule has 0 unspecified atom stereocenters. The fraction of sp³-hybridized carbons (Fsp3) is 0.579. The maximum atomic E-state index is 11.6. The first-order chi connectivity index (χ1) is 12.7. The fourth-order valence-corrected chi connectivity index (χ4v) is 2.30. The molecule has 7 nitrogen and oxygen atoms in total. The van der Waals surface area contributed by atoms with Crippen LogP contribution in [-0.4, -0.2) is 51.8 Å². The fourth-order valence-electron chi connectivity index (χ4n) is 2.30. The van der Waals surface area contributed by atoms with Gasteiger partial charge in [-0.3, -0.25) is 4.79 Å². The second-order valence-electron chi connectivity index (χ2n) is 6.17. The second-order valence-corrected chi connectivity index (χ2v) is 6.17. The molecule has 0 atom stereocenters. The van der Waals surface area contributed by atoms with Crippen LogP contribution in [0.3, 0.4) is 0 Å². The number of nitrogens with one attached hydrogen (secondary N) is 3. The van der Waals surface area contributed by atoms with Crippen LogP contribution in [0.1, 0.15) is 25.3 Å². The van der Waals surface area contributed by atoms with Gasteiger partial charge in [0.05, 0.1) is 13.2 Å². The van der Waals surface area contributed by atoms with Gasteiger partial charge in [0.25, 0.3) is 0 Å². The van der Waals surface area contributed by atoms with Crippen LogP contribution in [0.4, 0.5) is 0 Å². The smallest absolute Gasteiger partial charge is 0.223 e. The molecule has 26 heavy (non-hydrogen) atoms. The minimum Gasteiger partial charge on any atom is -0.491 e. The van der Waals surface area contributed by atoms with E-state index in [0.717, 1.165) is 36.7 Å². The third-order valence-corrected chi connectivity index (χ3v) is 3.91. The summed E-state index contributed by atoms with van der Waals surface area (Å²) in [5.74, 6) is 1.99. The lowest BCUT2D eigenvalue weighted by atomic mass is 10.2. The quantitative estimate of drug-likeness (QED) is 0.314. The van der Waals surface area contributed by atoms with Crippen LogP contribution >= 0.6 is 0 Å². The van der Waals surface area contributed by atoms with Crippen molar-refractivity contribution in [3.05, 3.63) is 29.8 Å². The van der Waals surface area contributed by atoms with Crippen LogP contribution in [0.25, 0.3) is 0 Å². The van der Waals surface area contributed by atoms with Gasteiger partial charge in [0.15, 0.2) is 5.96 Å². The number of amides is 1. The number of benzene rings is 1. The Morgan fingerprint density at radius 2 is 1.85 bits per heavy atom. The van der Waals surface area contributed by atoms with Gasteiger partial charge in [0.2, 0.25) is 5.91 Å². The Morgan fingerprint density at radius 3 is 2.50 bits per heavy atom. The molecule has 0 heterocycles. The summed E-state index contributed by atoms with van der Waals surface area (Å²) in [7, 11) is 1.65. The van der Waals surface area contributed by atoms with Crippen molar-refractivity contribution in [2.24, 2.45) is 10.9 Å². The molecule has 1 amide bonds. The zero-order valence-electron chi connectivity index (χ0n) is 15.7. The molecule has 144 valence electrons. The number of guanidine groups is 1. The van der Waals surface area contributed by atoms with Gasteiger partial charge in [-0.1, -0.05) is 12.1 Å². The molecular formula is C19H30N4O3. The Bertz CT molecular complexity index is 571. The van der Waals surface area contributed by atoms with Gasteiger partial charge in [0, 0.05) is 32.7 Å². The lowest BCUT2D eigenvalue weighted by Gasteiger charge is -2.12. The predicted molar refractivity (Wildman–Crippen MR) is 102 cm³/mol. The molecule has 7 heteroatoms. The SMILES string of the molecule is CCNC(=NCc1ccc(OCCOC)cc1)NCCNC(=O)C1CC1. The summed E-state index contributed by atoms with van der Waals surface area (Å²) in [6.45, 7) is 5.75. The monoisotopic (exact) mass is 362 g/mol. The van der Waals surface area contributed by atoms with Crippen LogP contribution in [-0.2, 0) is 16.1 Å². The molecule has 1 aromatic carbocycles. The molecule has 0 aromatic heterocycles. The molecule has 3 N–H and O–H groups in total. The summed E-state index contributed by atoms with van der Waals surface area (Å²) in [5.41, 5.74) is 1.10. The van der Waals surface area contributed by atoms with Crippen molar-refractivity contribution >= 4 is 11.9 Å². The van der Waals surface area contributed by atoms with E-state index < -0.39 is 0 Å². The van der Waals surface area contributed by atoms with E-state index in [1.54, 1.807) is 7.11 Å². The maximum absolute atomic E-state index is 11.6.